The molecule has 10 heteroatoms. The summed E-state index contributed by atoms with van der Waals surface area (Å²) in [4.78, 5) is 18.9. The first-order valence-corrected chi connectivity index (χ1v) is 17.4. The number of nitrogens with one attached hydrogen (secondary N) is 4. The molecule has 3 saturated heterocycles. The van der Waals surface area contributed by atoms with E-state index in [1.807, 2.05) is 13.8 Å². The zero-order valence-corrected chi connectivity index (χ0v) is 27.7. The average Bonchev–Trinajstić information content (AvgIpc) is 3.00. The van der Waals surface area contributed by atoms with Crippen LogP contribution >= 0.6 is 0 Å². The number of hydrogen-bond donors (Lipinski definition) is 5. The average molecular weight is 610 g/mol. The summed E-state index contributed by atoms with van der Waals surface area (Å²) in [6, 6.07) is -0.0506. The Kier molecular flexibility index (Phi) is 16.2. The SMILES string of the molecule is C=C(CCCCCC)NC(N)C(C(=O)NC1CNCCC1N1CCC(OC2CCN(C)CC2)CC1)C(C)NCC(F)CC. The van der Waals surface area contributed by atoms with Gasteiger partial charge in [-0.2, -0.15) is 0 Å². The summed E-state index contributed by atoms with van der Waals surface area (Å²) < 4.78 is 20.6. The monoisotopic (exact) mass is 610 g/mol. The highest BCUT2D eigenvalue weighted by molar-refractivity contribution is 5.80. The normalized spacial score (nSPS) is 26.0. The van der Waals surface area contributed by atoms with Crippen LogP contribution in [0.2, 0.25) is 0 Å². The van der Waals surface area contributed by atoms with Gasteiger partial charge in [0.1, 0.15) is 6.17 Å². The van der Waals surface area contributed by atoms with Crippen LogP contribution in [-0.2, 0) is 9.53 Å². The Morgan fingerprint density at radius 3 is 2.40 bits per heavy atom. The molecule has 3 fully saturated rings. The molecule has 250 valence electrons. The number of alkyl halides is 1. The molecule has 0 spiro atoms. The molecular formula is C33H64FN7O2. The van der Waals surface area contributed by atoms with Crippen LogP contribution in [-0.4, -0.2) is 111 Å². The van der Waals surface area contributed by atoms with Crippen LogP contribution in [0.15, 0.2) is 12.3 Å². The lowest BCUT2D eigenvalue weighted by atomic mass is 9.92. The Bertz CT molecular complexity index is 804. The van der Waals surface area contributed by atoms with Crippen LogP contribution in [0.25, 0.3) is 0 Å². The fourth-order valence-electron chi connectivity index (χ4n) is 6.89. The highest BCUT2D eigenvalue weighted by Crippen LogP contribution is 2.24. The molecule has 0 saturated carbocycles. The van der Waals surface area contributed by atoms with Gasteiger partial charge in [0.15, 0.2) is 0 Å². The minimum atomic E-state index is -0.956. The van der Waals surface area contributed by atoms with Crippen LogP contribution in [0.1, 0.15) is 91.4 Å². The second-order valence-electron chi connectivity index (χ2n) is 13.4. The Morgan fingerprint density at radius 2 is 1.74 bits per heavy atom. The standard InChI is InChI=1S/C33H64FN7O2/c1-6-8-9-10-11-24(3)38-32(35)31(25(4)37-22-26(34)7-2)33(42)39-29-23-36-17-12-30(29)41-20-15-28(16-21-41)43-27-13-18-40(5)19-14-27/h25-32,36-38H,3,6-23,35H2,1-2,4-5H3,(H,39,42). The number of nitrogens with two attached hydrogens (primary N) is 1. The number of allylic oxidation sites excluding steroid dienone is 1. The molecule has 6 atom stereocenters. The lowest BCUT2D eigenvalue weighted by Gasteiger charge is -2.44. The number of carbonyl (C=O) groups excluding carboxylic acids is 1. The number of amides is 1. The van der Waals surface area contributed by atoms with E-state index >= 15 is 0 Å². The number of carbonyl (C=O) groups is 1. The third kappa shape index (κ3) is 12.2. The van der Waals surface area contributed by atoms with E-state index in [9.17, 15) is 9.18 Å². The zero-order valence-electron chi connectivity index (χ0n) is 27.7. The molecule has 6 unspecified atom stereocenters. The highest BCUT2D eigenvalue weighted by atomic mass is 19.1. The maximum absolute atomic E-state index is 14.1. The summed E-state index contributed by atoms with van der Waals surface area (Å²) in [5.74, 6) is -0.669. The van der Waals surface area contributed by atoms with E-state index in [0.717, 1.165) is 96.3 Å². The topological polar surface area (TPSA) is 107 Å². The molecule has 3 heterocycles. The van der Waals surface area contributed by atoms with Crippen LogP contribution < -0.4 is 27.0 Å². The van der Waals surface area contributed by atoms with Crippen molar-refractivity contribution in [1.82, 2.24) is 31.1 Å². The van der Waals surface area contributed by atoms with Crippen molar-refractivity contribution in [3.8, 4) is 0 Å². The number of rotatable bonds is 18. The van der Waals surface area contributed by atoms with Gasteiger partial charge in [-0.25, -0.2) is 4.39 Å². The number of nitrogens with zero attached hydrogens (tertiary/aromatic N) is 2. The van der Waals surface area contributed by atoms with Gasteiger partial charge in [-0.05, 0) is 71.9 Å². The van der Waals surface area contributed by atoms with Gasteiger partial charge in [0, 0.05) is 57.0 Å². The van der Waals surface area contributed by atoms with E-state index in [4.69, 9.17) is 10.5 Å². The summed E-state index contributed by atoms with van der Waals surface area (Å²) in [5.41, 5.74) is 7.52. The lowest BCUT2D eigenvalue weighted by Crippen LogP contribution is -2.64. The number of halogens is 1. The van der Waals surface area contributed by atoms with E-state index in [2.05, 4.69) is 51.6 Å². The maximum Gasteiger partial charge on any atom is 0.228 e. The Balaban J connectivity index is 1.58. The number of likely N-dealkylation sites (tertiary alicyclic amines) is 2. The van der Waals surface area contributed by atoms with Crippen molar-refractivity contribution in [3.05, 3.63) is 12.3 Å². The van der Waals surface area contributed by atoms with Crippen LogP contribution in [0, 0.1) is 5.92 Å². The molecule has 0 aliphatic carbocycles. The molecule has 0 aromatic rings. The van der Waals surface area contributed by atoms with Crippen LogP contribution in [0.3, 0.4) is 0 Å². The molecule has 0 radical (unpaired) electrons. The molecule has 43 heavy (non-hydrogen) atoms. The molecular weight excluding hydrogens is 545 g/mol. The van der Waals surface area contributed by atoms with Crippen LogP contribution in [0.4, 0.5) is 4.39 Å². The van der Waals surface area contributed by atoms with Crippen LogP contribution in [0.5, 0.6) is 0 Å². The number of piperidine rings is 3. The molecule has 0 bridgehead atoms. The Labute approximate surface area is 261 Å². The number of hydrogen-bond acceptors (Lipinski definition) is 8. The second kappa shape index (κ2) is 19.3. The molecule has 9 nitrogen and oxygen atoms in total. The van der Waals surface area contributed by atoms with Crippen molar-refractivity contribution in [2.24, 2.45) is 11.7 Å². The maximum atomic E-state index is 14.1. The molecule has 3 aliphatic heterocycles. The van der Waals surface area contributed by atoms with Gasteiger partial charge in [0.05, 0.1) is 30.3 Å². The zero-order chi connectivity index (χ0) is 31.2. The summed E-state index contributed by atoms with van der Waals surface area (Å²) >= 11 is 0. The molecule has 3 aliphatic rings. The molecule has 0 aromatic carbocycles. The third-order valence-corrected chi connectivity index (χ3v) is 9.80. The van der Waals surface area contributed by atoms with Crippen molar-refractivity contribution >= 4 is 5.91 Å². The lowest BCUT2D eigenvalue weighted by molar-refractivity contribution is -0.128. The molecule has 1 amide bonds. The quantitative estimate of drug-likeness (QED) is 0.119. The minimum Gasteiger partial charge on any atom is -0.375 e. The smallest absolute Gasteiger partial charge is 0.228 e. The minimum absolute atomic E-state index is 0.0173. The van der Waals surface area contributed by atoms with Gasteiger partial charge in [0.2, 0.25) is 5.91 Å². The fraction of sp³-hybridized carbons (Fsp3) is 0.909. The molecule has 3 rings (SSSR count). The predicted molar refractivity (Wildman–Crippen MR) is 175 cm³/mol. The molecule has 6 N–H and O–H groups in total. The van der Waals surface area contributed by atoms with Crippen molar-refractivity contribution in [1.29, 1.82) is 0 Å². The second-order valence-corrected chi connectivity index (χ2v) is 13.4. The Hall–Kier alpha value is -1.30. The Morgan fingerprint density at radius 1 is 1.07 bits per heavy atom. The van der Waals surface area contributed by atoms with Crippen molar-refractivity contribution in [2.75, 3.05) is 52.9 Å². The first-order chi connectivity index (χ1) is 20.7. The van der Waals surface area contributed by atoms with Gasteiger partial charge >= 0.3 is 0 Å². The van der Waals surface area contributed by atoms with Gasteiger partial charge in [0.25, 0.3) is 0 Å². The van der Waals surface area contributed by atoms with Gasteiger partial charge in [-0.1, -0.05) is 39.7 Å². The van der Waals surface area contributed by atoms with Gasteiger partial charge < -0.3 is 36.6 Å². The summed E-state index contributed by atoms with van der Waals surface area (Å²) in [7, 11) is 2.19. The van der Waals surface area contributed by atoms with Crippen molar-refractivity contribution in [2.45, 2.75) is 134 Å². The predicted octanol–water partition coefficient (Wildman–Crippen LogP) is 3.11. The third-order valence-electron chi connectivity index (χ3n) is 9.80. The summed E-state index contributed by atoms with van der Waals surface area (Å²) in [6.45, 7) is 16.2. The number of unbranched alkanes of at least 4 members (excludes halogenated alkanes) is 3. The molecule has 0 aromatic heterocycles. The first-order valence-electron chi connectivity index (χ1n) is 17.4. The fourth-order valence-corrected chi connectivity index (χ4v) is 6.89. The van der Waals surface area contributed by atoms with E-state index in [1.54, 1.807) is 0 Å². The largest absolute Gasteiger partial charge is 0.375 e. The summed E-state index contributed by atoms with van der Waals surface area (Å²) in [5, 5.41) is 13.4. The summed E-state index contributed by atoms with van der Waals surface area (Å²) in [6.07, 6.45) is 10.3. The van der Waals surface area contributed by atoms with E-state index in [1.165, 1.54) is 12.8 Å². The van der Waals surface area contributed by atoms with Gasteiger partial charge in [-0.15, -0.1) is 0 Å². The number of ether oxygens (including phenoxy) is 1. The van der Waals surface area contributed by atoms with E-state index < -0.39 is 18.3 Å². The highest BCUT2D eigenvalue weighted by Gasteiger charge is 2.38. The first kappa shape index (κ1) is 36.2. The van der Waals surface area contributed by atoms with E-state index in [0.29, 0.717) is 18.6 Å². The van der Waals surface area contributed by atoms with E-state index in [-0.39, 0.29) is 30.6 Å². The van der Waals surface area contributed by atoms with Crippen molar-refractivity contribution in [3.63, 3.8) is 0 Å². The van der Waals surface area contributed by atoms with Crippen molar-refractivity contribution < 1.29 is 13.9 Å². The van der Waals surface area contributed by atoms with Gasteiger partial charge in [-0.3, -0.25) is 9.69 Å².